The van der Waals surface area contributed by atoms with Gasteiger partial charge in [-0.15, -0.1) is 0 Å². The van der Waals surface area contributed by atoms with E-state index in [0.717, 1.165) is 12.8 Å². The molecule has 1 fully saturated rings. The molecule has 2 N–H and O–H groups in total. The molecule has 1 aliphatic rings. The highest BCUT2D eigenvalue weighted by Crippen LogP contribution is 2.20. The summed E-state index contributed by atoms with van der Waals surface area (Å²) < 4.78 is 5.70. The van der Waals surface area contributed by atoms with E-state index >= 15 is 0 Å². The minimum absolute atomic E-state index is 0.212. The molecule has 0 spiro atoms. The summed E-state index contributed by atoms with van der Waals surface area (Å²) in [7, 11) is 0. The molecule has 2 unspecified atom stereocenters. The Hall–Kier alpha value is -0.970. The predicted molar refractivity (Wildman–Crippen MR) is 74.9 cm³/mol. The molecule has 0 bridgehead atoms. The van der Waals surface area contributed by atoms with Crippen LogP contribution in [-0.4, -0.2) is 35.5 Å². The number of hydrogen-bond donors (Lipinski definition) is 2. The van der Waals surface area contributed by atoms with Crippen molar-refractivity contribution in [1.82, 2.24) is 10.3 Å². The van der Waals surface area contributed by atoms with Crippen molar-refractivity contribution in [1.29, 1.82) is 0 Å². The number of hydrogen-bond acceptors (Lipinski definition) is 4. The van der Waals surface area contributed by atoms with Crippen molar-refractivity contribution in [3.63, 3.8) is 0 Å². The van der Waals surface area contributed by atoms with Crippen LogP contribution >= 0.6 is 0 Å². The largest absolute Gasteiger partial charge is 0.389 e. The summed E-state index contributed by atoms with van der Waals surface area (Å²) in [5.74, 6) is 0. The van der Waals surface area contributed by atoms with E-state index < -0.39 is 6.10 Å². The molecular formula is C15H24N2O2. The van der Waals surface area contributed by atoms with Crippen LogP contribution in [0.1, 0.15) is 44.2 Å². The van der Waals surface area contributed by atoms with E-state index in [0.29, 0.717) is 19.3 Å². The van der Waals surface area contributed by atoms with Crippen LogP contribution in [0.4, 0.5) is 0 Å². The highest BCUT2D eigenvalue weighted by atomic mass is 16.5. The van der Waals surface area contributed by atoms with E-state index in [-0.39, 0.29) is 6.04 Å². The summed E-state index contributed by atoms with van der Waals surface area (Å²) in [6, 6.07) is 4.18. The second kappa shape index (κ2) is 7.58. The average molecular weight is 264 g/mol. The topological polar surface area (TPSA) is 54.4 Å². The first kappa shape index (κ1) is 14.4. The lowest BCUT2D eigenvalue weighted by atomic mass is 10.1. The molecule has 4 nitrogen and oxygen atoms in total. The van der Waals surface area contributed by atoms with Crippen LogP contribution in [-0.2, 0) is 4.74 Å². The fraction of sp³-hybridized carbons (Fsp3) is 0.667. The summed E-state index contributed by atoms with van der Waals surface area (Å²) in [5.41, 5.74) is 1.18. The number of aliphatic hydroxyl groups excluding tert-OH is 1. The van der Waals surface area contributed by atoms with Gasteiger partial charge in [-0.25, -0.2) is 0 Å². The van der Waals surface area contributed by atoms with Gasteiger partial charge in [0.25, 0.3) is 0 Å². The number of nitrogens with one attached hydrogen (secondary N) is 1. The maximum atomic E-state index is 9.91. The van der Waals surface area contributed by atoms with Crippen molar-refractivity contribution in [2.75, 3.05) is 13.2 Å². The zero-order valence-electron chi connectivity index (χ0n) is 11.6. The van der Waals surface area contributed by atoms with Gasteiger partial charge in [0.2, 0.25) is 0 Å². The zero-order chi connectivity index (χ0) is 13.5. The van der Waals surface area contributed by atoms with Gasteiger partial charge >= 0.3 is 0 Å². The Kier molecular flexibility index (Phi) is 5.76. The fourth-order valence-corrected chi connectivity index (χ4v) is 2.44. The summed E-state index contributed by atoms with van der Waals surface area (Å²) in [6.07, 6.45) is 8.31. The van der Waals surface area contributed by atoms with E-state index in [1.165, 1.54) is 18.4 Å². The van der Waals surface area contributed by atoms with Gasteiger partial charge in [-0.2, -0.15) is 0 Å². The van der Waals surface area contributed by atoms with Crippen LogP contribution in [0, 0.1) is 0 Å². The quantitative estimate of drug-likeness (QED) is 0.791. The molecule has 1 aromatic heterocycles. The summed E-state index contributed by atoms with van der Waals surface area (Å²) >= 11 is 0. The lowest BCUT2D eigenvalue weighted by Gasteiger charge is -2.19. The molecule has 2 rings (SSSR count). The van der Waals surface area contributed by atoms with Gasteiger partial charge < -0.3 is 15.2 Å². The van der Waals surface area contributed by atoms with Crippen LogP contribution in [0.25, 0.3) is 0 Å². The Bertz CT molecular complexity index is 352. The Labute approximate surface area is 115 Å². The monoisotopic (exact) mass is 264 g/mol. The number of aliphatic hydroxyl groups is 1. The van der Waals surface area contributed by atoms with Gasteiger partial charge in [0.15, 0.2) is 0 Å². The lowest BCUT2D eigenvalue weighted by molar-refractivity contribution is -0.00610. The normalized spacial score (nSPS) is 19.5. The molecular weight excluding hydrogens is 240 g/mol. The van der Waals surface area contributed by atoms with Gasteiger partial charge in [0.05, 0.1) is 18.8 Å². The van der Waals surface area contributed by atoms with Gasteiger partial charge in [-0.1, -0.05) is 12.8 Å². The number of aromatic nitrogens is 1. The van der Waals surface area contributed by atoms with Crippen molar-refractivity contribution >= 4 is 0 Å². The molecule has 0 aliphatic heterocycles. The molecule has 1 heterocycles. The van der Waals surface area contributed by atoms with Crippen LogP contribution in [0.2, 0.25) is 0 Å². The standard InChI is InChI=1S/C15H24N2O2/c1-12(13-6-8-16-9-7-13)17-10-14(18)11-19-15-4-2-3-5-15/h6-9,12,14-15,17-18H,2-5,10-11H2,1H3. The highest BCUT2D eigenvalue weighted by molar-refractivity contribution is 5.13. The number of rotatable bonds is 7. The van der Waals surface area contributed by atoms with Crippen LogP contribution in [0.5, 0.6) is 0 Å². The van der Waals surface area contributed by atoms with E-state index in [4.69, 9.17) is 4.74 Å². The van der Waals surface area contributed by atoms with Gasteiger partial charge in [-0.3, -0.25) is 4.98 Å². The maximum absolute atomic E-state index is 9.91. The second-order valence-corrected chi connectivity index (χ2v) is 5.30. The molecule has 1 aliphatic carbocycles. The third-order valence-electron chi connectivity index (χ3n) is 3.69. The first-order valence-corrected chi connectivity index (χ1v) is 7.18. The van der Waals surface area contributed by atoms with E-state index in [1.54, 1.807) is 12.4 Å². The second-order valence-electron chi connectivity index (χ2n) is 5.30. The fourth-order valence-electron chi connectivity index (χ4n) is 2.44. The molecule has 1 saturated carbocycles. The van der Waals surface area contributed by atoms with E-state index in [1.807, 2.05) is 12.1 Å². The minimum Gasteiger partial charge on any atom is -0.389 e. The third-order valence-corrected chi connectivity index (χ3v) is 3.69. The Morgan fingerprint density at radius 3 is 2.74 bits per heavy atom. The lowest BCUT2D eigenvalue weighted by Crippen LogP contribution is -2.33. The predicted octanol–water partition coefficient (Wildman–Crippen LogP) is 2.05. The molecule has 1 aromatic rings. The third kappa shape index (κ3) is 4.90. The smallest absolute Gasteiger partial charge is 0.0898 e. The van der Waals surface area contributed by atoms with E-state index in [2.05, 4.69) is 17.2 Å². The van der Waals surface area contributed by atoms with Crippen molar-refractivity contribution in [2.24, 2.45) is 0 Å². The van der Waals surface area contributed by atoms with Crippen LogP contribution in [0.3, 0.4) is 0 Å². The first-order chi connectivity index (χ1) is 9.25. The molecule has 0 saturated heterocycles. The Balaban J connectivity index is 1.64. The average Bonchev–Trinajstić information content (AvgIpc) is 2.96. The molecule has 0 radical (unpaired) electrons. The Morgan fingerprint density at radius 2 is 2.05 bits per heavy atom. The number of pyridine rings is 1. The Morgan fingerprint density at radius 1 is 1.37 bits per heavy atom. The SMILES string of the molecule is CC(NCC(O)COC1CCCC1)c1ccncc1. The van der Waals surface area contributed by atoms with Gasteiger partial charge in [-0.05, 0) is 37.5 Å². The number of ether oxygens (including phenoxy) is 1. The van der Waals surface area contributed by atoms with Crippen LogP contribution in [0.15, 0.2) is 24.5 Å². The van der Waals surface area contributed by atoms with Crippen molar-refractivity contribution < 1.29 is 9.84 Å². The molecule has 19 heavy (non-hydrogen) atoms. The highest BCUT2D eigenvalue weighted by Gasteiger charge is 2.17. The first-order valence-electron chi connectivity index (χ1n) is 7.18. The van der Waals surface area contributed by atoms with Crippen molar-refractivity contribution in [2.45, 2.75) is 50.9 Å². The summed E-state index contributed by atoms with van der Waals surface area (Å²) in [6.45, 7) is 3.07. The van der Waals surface area contributed by atoms with Crippen LogP contribution < -0.4 is 5.32 Å². The minimum atomic E-state index is -0.440. The van der Waals surface area contributed by atoms with E-state index in [9.17, 15) is 5.11 Å². The van der Waals surface area contributed by atoms with Gasteiger partial charge in [0.1, 0.15) is 0 Å². The van der Waals surface area contributed by atoms with Crippen molar-refractivity contribution in [3.8, 4) is 0 Å². The maximum Gasteiger partial charge on any atom is 0.0898 e. The summed E-state index contributed by atoms with van der Waals surface area (Å²) in [4.78, 5) is 4.00. The van der Waals surface area contributed by atoms with Gasteiger partial charge in [0, 0.05) is 25.0 Å². The molecule has 106 valence electrons. The summed E-state index contributed by atoms with van der Waals surface area (Å²) in [5, 5.41) is 13.2. The molecule has 0 amide bonds. The zero-order valence-corrected chi connectivity index (χ0v) is 11.6. The number of nitrogens with zero attached hydrogens (tertiary/aromatic N) is 1. The molecule has 2 atom stereocenters. The molecule has 4 heteroatoms. The van der Waals surface area contributed by atoms with Crippen molar-refractivity contribution in [3.05, 3.63) is 30.1 Å². The molecule has 0 aromatic carbocycles.